The van der Waals surface area contributed by atoms with Gasteiger partial charge in [0, 0.05) is 10.7 Å². The number of ether oxygens (including phenoxy) is 1. The molecule has 2 rings (SSSR count). The second kappa shape index (κ2) is 6.44. The van der Waals surface area contributed by atoms with E-state index >= 15 is 0 Å². The quantitative estimate of drug-likeness (QED) is 0.922. The van der Waals surface area contributed by atoms with Crippen LogP contribution in [-0.4, -0.2) is 12.0 Å². The van der Waals surface area contributed by atoms with Crippen LogP contribution in [0.1, 0.15) is 12.5 Å². The molecule has 0 aromatic heterocycles. The van der Waals surface area contributed by atoms with Crippen LogP contribution in [0.5, 0.6) is 5.75 Å². The summed E-state index contributed by atoms with van der Waals surface area (Å²) in [5.74, 6) is 0.436. The van der Waals surface area contributed by atoms with Gasteiger partial charge in [0.05, 0.1) is 0 Å². The molecule has 1 amide bonds. The molecule has 2 aromatic rings. The molecule has 0 aliphatic heterocycles. The van der Waals surface area contributed by atoms with Crippen molar-refractivity contribution in [3.8, 4) is 5.75 Å². The zero-order valence-electron chi connectivity index (χ0n) is 11.4. The highest BCUT2D eigenvalue weighted by Gasteiger charge is 2.15. The summed E-state index contributed by atoms with van der Waals surface area (Å²) in [4.78, 5) is 12.0. The van der Waals surface area contributed by atoms with Crippen molar-refractivity contribution < 1.29 is 9.53 Å². The van der Waals surface area contributed by atoms with E-state index in [2.05, 4.69) is 5.32 Å². The highest BCUT2D eigenvalue weighted by atomic mass is 35.5. The Morgan fingerprint density at radius 1 is 1.20 bits per heavy atom. The monoisotopic (exact) mass is 289 g/mol. The van der Waals surface area contributed by atoms with Crippen molar-refractivity contribution in [1.82, 2.24) is 0 Å². The molecule has 104 valence electrons. The highest BCUT2D eigenvalue weighted by Crippen LogP contribution is 2.22. The van der Waals surface area contributed by atoms with E-state index in [9.17, 15) is 4.79 Å². The Bertz CT molecular complexity index is 599. The minimum Gasteiger partial charge on any atom is -0.481 e. The van der Waals surface area contributed by atoms with E-state index in [1.54, 1.807) is 19.1 Å². The van der Waals surface area contributed by atoms with E-state index in [0.717, 1.165) is 11.3 Å². The number of nitrogens with one attached hydrogen (secondary N) is 1. The van der Waals surface area contributed by atoms with Crippen LogP contribution in [0.15, 0.2) is 48.5 Å². The summed E-state index contributed by atoms with van der Waals surface area (Å²) in [5.41, 5.74) is 1.67. The maximum absolute atomic E-state index is 12.0. The average Bonchev–Trinajstić information content (AvgIpc) is 2.44. The molecule has 0 unspecified atom stereocenters. The zero-order chi connectivity index (χ0) is 14.5. The summed E-state index contributed by atoms with van der Waals surface area (Å²) in [6.45, 7) is 3.60. The Balaban J connectivity index is 1.98. The number of carbonyl (C=O) groups is 1. The topological polar surface area (TPSA) is 38.3 Å². The molecular weight excluding hydrogens is 274 g/mol. The van der Waals surface area contributed by atoms with Gasteiger partial charge in [-0.2, -0.15) is 0 Å². The molecule has 0 heterocycles. The fourth-order valence-corrected chi connectivity index (χ4v) is 1.83. The van der Waals surface area contributed by atoms with Gasteiger partial charge in [-0.05, 0) is 49.7 Å². The molecule has 0 radical (unpaired) electrons. The van der Waals surface area contributed by atoms with Gasteiger partial charge in [-0.15, -0.1) is 0 Å². The first-order valence-corrected chi connectivity index (χ1v) is 6.73. The third-order valence-electron chi connectivity index (χ3n) is 2.85. The van der Waals surface area contributed by atoms with Crippen molar-refractivity contribution in [2.24, 2.45) is 0 Å². The number of halogens is 1. The number of hydrogen-bond acceptors (Lipinski definition) is 2. The van der Waals surface area contributed by atoms with Gasteiger partial charge in [-0.1, -0.05) is 29.8 Å². The van der Waals surface area contributed by atoms with Crippen molar-refractivity contribution in [3.05, 3.63) is 59.1 Å². The van der Waals surface area contributed by atoms with E-state index < -0.39 is 6.10 Å². The lowest BCUT2D eigenvalue weighted by Gasteiger charge is -2.15. The van der Waals surface area contributed by atoms with Gasteiger partial charge in [-0.3, -0.25) is 4.79 Å². The predicted octanol–water partition coefficient (Wildman–Crippen LogP) is 4.05. The molecule has 0 aliphatic rings. The first kappa shape index (κ1) is 14.4. The number of anilines is 1. The molecule has 1 N–H and O–H groups in total. The molecule has 0 bridgehead atoms. The Labute approximate surface area is 123 Å². The molecule has 0 aliphatic carbocycles. The second-order valence-electron chi connectivity index (χ2n) is 4.53. The highest BCUT2D eigenvalue weighted by molar-refractivity contribution is 6.31. The van der Waals surface area contributed by atoms with Gasteiger partial charge in [-0.25, -0.2) is 0 Å². The summed E-state index contributed by atoms with van der Waals surface area (Å²) < 4.78 is 5.61. The number of hydrogen-bond donors (Lipinski definition) is 1. The standard InChI is InChI=1S/C16H16ClNO2/c1-11-10-14(8-9-15(11)17)20-12(2)16(19)18-13-6-4-3-5-7-13/h3-10,12H,1-2H3,(H,18,19)/t12-/m1/s1. The maximum Gasteiger partial charge on any atom is 0.265 e. The number of aryl methyl sites for hydroxylation is 1. The van der Waals surface area contributed by atoms with Crippen LogP contribution in [0.25, 0.3) is 0 Å². The summed E-state index contributed by atoms with van der Waals surface area (Å²) in [5, 5.41) is 3.48. The van der Waals surface area contributed by atoms with E-state index in [1.165, 1.54) is 0 Å². The van der Waals surface area contributed by atoms with Crippen LogP contribution >= 0.6 is 11.6 Å². The predicted molar refractivity (Wildman–Crippen MR) is 81.4 cm³/mol. The van der Waals surface area contributed by atoms with Crippen LogP contribution in [0.2, 0.25) is 5.02 Å². The number of para-hydroxylation sites is 1. The first-order valence-electron chi connectivity index (χ1n) is 6.35. The minimum atomic E-state index is -0.587. The molecule has 0 fully saturated rings. The molecule has 0 spiro atoms. The fourth-order valence-electron chi connectivity index (χ4n) is 1.71. The molecule has 1 atom stereocenters. The Kier molecular flexibility index (Phi) is 4.64. The Morgan fingerprint density at radius 3 is 2.55 bits per heavy atom. The summed E-state index contributed by atoms with van der Waals surface area (Å²) in [6, 6.07) is 14.6. The van der Waals surface area contributed by atoms with Gasteiger partial charge in [0.25, 0.3) is 5.91 Å². The third-order valence-corrected chi connectivity index (χ3v) is 3.28. The molecule has 0 saturated heterocycles. The molecular formula is C16H16ClNO2. The van der Waals surface area contributed by atoms with Gasteiger partial charge in [0.15, 0.2) is 6.10 Å². The first-order chi connectivity index (χ1) is 9.56. The lowest BCUT2D eigenvalue weighted by Crippen LogP contribution is -2.30. The van der Waals surface area contributed by atoms with Gasteiger partial charge in [0.1, 0.15) is 5.75 Å². The van der Waals surface area contributed by atoms with Crippen LogP contribution < -0.4 is 10.1 Å². The molecule has 4 heteroatoms. The van der Waals surface area contributed by atoms with Crippen molar-refractivity contribution in [3.63, 3.8) is 0 Å². The van der Waals surface area contributed by atoms with Crippen LogP contribution in [0.4, 0.5) is 5.69 Å². The van der Waals surface area contributed by atoms with E-state index in [0.29, 0.717) is 10.8 Å². The van der Waals surface area contributed by atoms with E-state index in [4.69, 9.17) is 16.3 Å². The largest absolute Gasteiger partial charge is 0.481 e. The zero-order valence-corrected chi connectivity index (χ0v) is 12.1. The average molecular weight is 290 g/mol. The van der Waals surface area contributed by atoms with Gasteiger partial charge in [0.2, 0.25) is 0 Å². The number of rotatable bonds is 4. The van der Waals surface area contributed by atoms with Gasteiger partial charge < -0.3 is 10.1 Å². The molecule has 3 nitrogen and oxygen atoms in total. The third kappa shape index (κ3) is 3.75. The molecule has 20 heavy (non-hydrogen) atoms. The Hall–Kier alpha value is -2.00. The van der Waals surface area contributed by atoms with Crippen LogP contribution in [-0.2, 0) is 4.79 Å². The maximum atomic E-state index is 12.0. The molecule has 0 saturated carbocycles. The molecule has 2 aromatic carbocycles. The van der Waals surface area contributed by atoms with Crippen molar-refractivity contribution in [2.45, 2.75) is 20.0 Å². The number of carbonyl (C=O) groups excluding carboxylic acids is 1. The van der Waals surface area contributed by atoms with Crippen molar-refractivity contribution in [2.75, 3.05) is 5.32 Å². The summed E-state index contributed by atoms with van der Waals surface area (Å²) in [6.07, 6.45) is -0.587. The lowest BCUT2D eigenvalue weighted by atomic mass is 10.2. The summed E-state index contributed by atoms with van der Waals surface area (Å²) in [7, 11) is 0. The number of benzene rings is 2. The number of amides is 1. The summed E-state index contributed by atoms with van der Waals surface area (Å²) >= 11 is 5.95. The van der Waals surface area contributed by atoms with Crippen molar-refractivity contribution in [1.29, 1.82) is 0 Å². The van der Waals surface area contributed by atoms with E-state index in [-0.39, 0.29) is 5.91 Å². The normalized spacial score (nSPS) is 11.8. The van der Waals surface area contributed by atoms with Crippen LogP contribution in [0, 0.1) is 6.92 Å². The SMILES string of the molecule is Cc1cc(O[C@H](C)C(=O)Nc2ccccc2)ccc1Cl. The van der Waals surface area contributed by atoms with Gasteiger partial charge >= 0.3 is 0 Å². The lowest BCUT2D eigenvalue weighted by molar-refractivity contribution is -0.122. The second-order valence-corrected chi connectivity index (χ2v) is 4.93. The van der Waals surface area contributed by atoms with E-state index in [1.807, 2.05) is 43.3 Å². The fraction of sp³-hybridized carbons (Fsp3) is 0.188. The Morgan fingerprint density at radius 2 is 1.90 bits per heavy atom. The minimum absolute atomic E-state index is 0.191. The smallest absolute Gasteiger partial charge is 0.265 e. The van der Waals surface area contributed by atoms with Crippen LogP contribution in [0.3, 0.4) is 0 Å². The van der Waals surface area contributed by atoms with Crippen molar-refractivity contribution >= 4 is 23.2 Å².